The normalized spacial score (nSPS) is 11.7. The molecular formula is C46H29N3. The van der Waals surface area contributed by atoms with E-state index in [9.17, 15) is 0 Å². The van der Waals surface area contributed by atoms with E-state index in [0.717, 1.165) is 33.8 Å². The quantitative estimate of drug-likeness (QED) is 0.195. The van der Waals surface area contributed by atoms with Crippen LogP contribution in [0, 0.1) is 0 Å². The molecule has 228 valence electrons. The van der Waals surface area contributed by atoms with Crippen LogP contribution >= 0.6 is 0 Å². The van der Waals surface area contributed by atoms with Crippen molar-refractivity contribution in [2.75, 3.05) is 0 Å². The van der Waals surface area contributed by atoms with E-state index in [1.807, 2.05) is 6.07 Å². The van der Waals surface area contributed by atoms with Gasteiger partial charge in [0.1, 0.15) is 0 Å². The van der Waals surface area contributed by atoms with Gasteiger partial charge in [0.15, 0.2) is 5.82 Å². The van der Waals surface area contributed by atoms with Gasteiger partial charge in [0.05, 0.1) is 22.4 Å². The fourth-order valence-corrected chi connectivity index (χ4v) is 7.53. The fraction of sp³-hybridized carbons (Fsp3) is 0. The number of nitrogens with zero attached hydrogens (tertiary/aromatic N) is 3. The van der Waals surface area contributed by atoms with Crippen molar-refractivity contribution in [3.8, 4) is 39.6 Å². The van der Waals surface area contributed by atoms with Gasteiger partial charge in [-0.2, -0.15) is 0 Å². The van der Waals surface area contributed by atoms with Crippen LogP contribution in [0.3, 0.4) is 0 Å². The van der Waals surface area contributed by atoms with Gasteiger partial charge in [0.25, 0.3) is 0 Å². The summed E-state index contributed by atoms with van der Waals surface area (Å²) in [6.07, 6.45) is 0. The Labute approximate surface area is 283 Å². The molecule has 0 aliphatic heterocycles. The van der Waals surface area contributed by atoms with Crippen molar-refractivity contribution < 1.29 is 0 Å². The van der Waals surface area contributed by atoms with Crippen LogP contribution in [-0.4, -0.2) is 14.5 Å². The molecule has 2 heterocycles. The Morgan fingerprint density at radius 2 is 0.898 bits per heavy atom. The smallest absolute Gasteiger partial charge is 0.160 e. The van der Waals surface area contributed by atoms with Gasteiger partial charge in [-0.3, -0.25) is 0 Å². The second-order valence-corrected chi connectivity index (χ2v) is 12.6. The summed E-state index contributed by atoms with van der Waals surface area (Å²) in [5.74, 6) is 0.697. The number of rotatable bonds is 4. The van der Waals surface area contributed by atoms with Crippen LogP contribution in [0.2, 0.25) is 0 Å². The van der Waals surface area contributed by atoms with E-state index >= 15 is 0 Å². The molecule has 10 aromatic rings. The minimum atomic E-state index is 0.697. The van der Waals surface area contributed by atoms with Crippen molar-refractivity contribution in [3.63, 3.8) is 0 Å². The van der Waals surface area contributed by atoms with Crippen molar-refractivity contribution in [2.45, 2.75) is 0 Å². The highest BCUT2D eigenvalue weighted by Crippen LogP contribution is 2.41. The van der Waals surface area contributed by atoms with Crippen LogP contribution < -0.4 is 0 Å². The molecule has 3 heteroatoms. The van der Waals surface area contributed by atoms with Crippen molar-refractivity contribution in [3.05, 3.63) is 176 Å². The van der Waals surface area contributed by atoms with Gasteiger partial charge >= 0.3 is 0 Å². The first kappa shape index (κ1) is 27.5. The molecule has 0 aliphatic carbocycles. The lowest BCUT2D eigenvalue weighted by Gasteiger charge is -2.13. The van der Waals surface area contributed by atoms with E-state index in [-0.39, 0.29) is 0 Å². The van der Waals surface area contributed by atoms with E-state index in [1.54, 1.807) is 0 Å². The molecule has 0 aliphatic rings. The summed E-state index contributed by atoms with van der Waals surface area (Å²) in [6.45, 7) is 0. The molecule has 8 aromatic carbocycles. The van der Waals surface area contributed by atoms with Crippen molar-refractivity contribution in [1.82, 2.24) is 14.5 Å². The second kappa shape index (κ2) is 11.0. The van der Waals surface area contributed by atoms with Crippen LogP contribution in [0.1, 0.15) is 0 Å². The number of hydrogen-bond donors (Lipinski definition) is 0. The highest BCUT2D eigenvalue weighted by Gasteiger charge is 2.18. The van der Waals surface area contributed by atoms with Crippen molar-refractivity contribution >= 4 is 54.1 Å². The zero-order valence-corrected chi connectivity index (χ0v) is 26.6. The maximum absolute atomic E-state index is 5.26. The number of aromatic nitrogens is 3. The van der Waals surface area contributed by atoms with E-state index in [0.29, 0.717) is 5.82 Å². The maximum Gasteiger partial charge on any atom is 0.160 e. The average Bonchev–Trinajstić information content (AvgIpc) is 3.53. The van der Waals surface area contributed by atoms with E-state index < -0.39 is 0 Å². The van der Waals surface area contributed by atoms with Gasteiger partial charge in [0.2, 0.25) is 0 Å². The average molecular weight is 624 g/mol. The SMILES string of the molecule is c1ccc(-c2cc(-c3cccc4ccccc34)nc(-c3cccc(-n4c5ccc6ccccc6c5c5c6ccccc6ccc54)c3)n2)cc1. The molecule has 0 saturated carbocycles. The van der Waals surface area contributed by atoms with Gasteiger partial charge in [-0.15, -0.1) is 0 Å². The summed E-state index contributed by atoms with van der Waals surface area (Å²) in [7, 11) is 0. The molecule has 2 aromatic heterocycles. The minimum Gasteiger partial charge on any atom is -0.309 e. The summed E-state index contributed by atoms with van der Waals surface area (Å²) in [4.78, 5) is 10.4. The Morgan fingerprint density at radius 1 is 0.367 bits per heavy atom. The summed E-state index contributed by atoms with van der Waals surface area (Å²) >= 11 is 0. The fourth-order valence-electron chi connectivity index (χ4n) is 7.53. The summed E-state index contributed by atoms with van der Waals surface area (Å²) in [5.41, 5.74) is 8.35. The molecular weight excluding hydrogens is 595 g/mol. The summed E-state index contributed by atoms with van der Waals surface area (Å²) < 4.78 is 2.40. The third-order valence-electron chi connectivity index (χ3n) is 9.77. The Hall–Kier alpha value is -6.58. The molecule has 0 unspecified atom stereocenters. The van der Waals surface area contributed by atoms with Crippen molar-refractivity contribution in [2.24, 2.45) is 0 Å². The van der Waals surface area contributed by atoms with Gasteiger partial charge in [-0.05, 0) is 62.6 Å². The molecule has 0 spiro atoms. The Bertz CT molecular complexity index is 2790. The monoisotopic (exact) mass is 623 g/mol. The van der Waals surface area contributed by atoms with Crippen LogP contribution in [-0.2, 0) is 0 Å². The summed E-state index contributed by atoms with van der Waals surface area (Å²) in [5, 5.41) is 9.91. The second-order valence-electron chi connectivity index (χ2n) is 12.6. The number of hydrogen-bond acceptors (Lipinski definition) is 2. The first-order valence-electron chi connectivity index (χ1n) is 16.7. The first-order chi connectivity index (χ1) is 24.3. The number of benzene rings is 8. The lowest BCUT2D eigenvalue weighted by Crippen LogP contribution is -1.98. The van der Waals surface area contributed by atoms with Gasteiger partial charge in [-0.25, -0.2) is 9.97 Å². The standard InChI is InChI=1S/C46H29N3/c1-2-15-33(16-3-1)40-29-41(39-23-11-17-30-12-4-7-20-36(30)39)48-46(47-40)34-18-10-19-35(28-34)49-42-26-24-31-13-5-8-21-37(31)44(42)45-38-22-9-6-14-32(38)25-27-43(45)49/h1-29H. The molecule has 0 saturated heterocycles. The minimum absolute atomic E-state index is 0.697. The van der Waals surface area contributed by atoms with Gasteiger partial charge < -0.3 is 4.57 Å². The van der Waals surface area contributed by atoms with Crippen LogP contribution in [0.5, 0.6) is 0 Å². The van der Waals surface area contributed by atoms with Gasteiger partial charge in [-0.1, -0.05) is 146 Å². The molecule has 0 atom stereocenters. The Balaban J connectivity index is 1.23. The van der Waals surface area contributed by atoms with E-state index in [4.69, 9.17) is 9.97 Å². The maximum atomic E-state index is 5.26. The predicted molar refractivity (Wildman–Crippen MR) is 205 cm³/mol. The largest absolute Gasteiger partial charge is 0.309 e. The topological polar surface area (TPSA) is 30.7 Å². The van der Waals surface area contributed by atoms with E-state index in [1.165, 1.54) is 54.1 Å². The molecule has 49 heavy (non-hydrogen) atoms. The third-order valence-corrected chi connectivity index (χ3v) is 9.77. The third kappa shape index (κ3) is 4.44. The van der Waals surface area contributed by atoms with E-state index in [2.05, 4.69) is 174 Å². The zero-order valence-electron chi connectivity index (χ0n) is 26.6. The molecule has 3 nitrogen and oxygen atoms in total. The molecule has 0 bridgehead atoms. The first-order valence-corrected chi connectivity index (χ1v) is 16.7. The van der Waals surface area contributed by atoms with Crippen LogP contribution in [0.15, 0.2) is 176 Å². The van der Waals surface area contributed by atoms with Gasteiger partial charge in [0, 0.05) is 33.2 Å². The molecule has 0 N–H and O–H groups in total. The van der Waals surface area contributed by atoms with Crippen LogP contribution in [0.4, 0.5) is 0 Å². The number of fused-ring (bicyclic) bond motifs is 8. The van der Waals surface area contributed by atoms with Crippen LogP contribution in [0.25, 0.3) is 93.7 Å². The lowest BCUT2D eigenvalue weighted by atomic mass is 10.00. The summed E-state index contributed by atoms with van der Waals surface area (Å²) in [6, 6.07) is 62.5. The Kier molecular flexibility index (Phi) is 6.18. The highest BCUT2D eigenvalue weighted by molar-refractivity contribution is 6.28. The zero-order chi connectivity index (χ0) is 32.3. The molecule has 10 rings (SSSR count). The molecule has 0 amide bonds. The molecule has 0 fully saturated rings. The Morgan fingerprint density at radius 3 is 1.59 bits per heavy atom. The molecule has 0 radical (unpaired) electrons. The predicted octanol–water partition coefficient (Wildman–Crippen LogP) is 12.0. The van der Waals surface area contributed by atoms with Crippen molar-refractivity contribution in [1.29, 1.82) is 0 Å². The highest BCUT2D eigenvalue weighted by atomic mass is 15.0. The lowest BCUT2D eigenvalue weighted by molar-refractivity contribution is 1.16.